The Bertz CT molecular complexity index is 156. The zero-order chi connectivity index (χ0) is 8.43. The largest absolute Gasteiger partial charge is 0.481 e. The molecule has 3 nitrogen and oxygen atoms in total. The Balaban J connectivity index is 2.41. The molecule has 1 N–H and O–H groups in total. The molecule has 0 amide bonds. The second-order valence-electron chi connectivity index (χ2n) is 3.41. The molecule has 11 heavy (non-hydrogen) atoms. The highest BCUT2D eigenvalue weighted by Gasteiger charge is 2.28. The first-order valence-corrected chi connectivity index (χ1v) is 4.08. The van der Waals surface area contributed by atoms with Gasteiger partial charge in [0.05, 0.1) is 5.92 Å². The van der Waals surface area contributed by atoms with Crippen LogP contribution in [0.4, 0.5) is 0 Å². The molecule has 0 saturated carbocycles. The van der Waals surface area contributed by atoms with Gasteiger partial charge in [-0.1, -0.05) is 0 Å². The van der Waals surface area contributed by atoms with Crippen LogP contribution in [0.2, 0.25) is 0 Å². The number of likely N-dealkylation sites (tertiary alicyclic amines) is 1. The highest BCUT2D eigenvalue weighted by molar-refractivity contribution is 5.70. The molecule has 1 atom stereocenters. The highest BCUT2D eigenvalue weighted by atomic mass is 16.4. The molecular formula is C8H15NO2. The molecular weight excluding hydrogens is 142 g/mol. The molecule has 0 bridgehead atoms. The highest BCUT2D eigenvalue weighted by Crippen LogP contribution is 2.17. The van der Waals surface area contributed by atoms with Gasteiger partial charge >= 0.3 is 5.97 Å². The molecule has 1 aliphatic heterocycles. The first-order chi connectivity index (χ1) is 5.11. The van der Waals surface area contributed by atoms with Crippen molar-refractivity contribution in [2.45, 2.75) is 26.3 Å². The summed E-state index contributed by atoms with van der Waals surface area (Å²) in [5.74, 6) is -0.773. The van der Waals surface area contributed by atoms with E-state index in [2.05, 4.69) is 18.7 Å². The Morgan fingerprint density at radius 1 is 1.64 bits per heavy atom. The van der Waals surface area contributed by atoms with Crippen LogP contribution in [0.5, 0.6) is 0 Å². The van der Waals surface area contributed by atoms with Crippen molar-refractivity contribution in [1.29, 1.82) is 0 Å². The molecule has 0 aromatic rings. The van der Waals surface area contributed by atoms with E-state index in [0.29, 0.717) is 6.04 Å². The second-order valence-corrected chi connectivity index (χ2v) is 3.41. The lowest BCUT2D eigenvalue weighted by molar-refractivity contribution is -0.141. The van der Waals surface area contributed by atoms with E-state index in [4.69, 9.17) is 5.11 Å². The minimum absolute atomic E-state index is 0.127. The van der Waals surface area contributed by atoms with Crippen LogP contribution < -0.4 is 0 Å². The summed E-state index contributed by atoms with van der Waals surface area (Å²) in [4.78, 5) is 12.8. The molecule has 1 unspecified atom stereocenters. The lowest BCUT2D eigenvalue weighted by Crippen LogP contribution is -2.29. The van der Waals surface area contributed by atoms with E-state index in [9.17, 15) is 4.79 Å². The van der Waals surface area contributed by atoms with Gasteiger partial charge in [0.2, 0.25) is 0 Å². The van der Waals surface area contributed by atoms with Gasteiger partial charge in [-0.25, -0.2) is 0 Å². The van der Waals surface area contributed by atoms with Gasteiger partial charge in [0, 0.05) is 12.6 Å². The third kappa shape index (κ3) is 1.93. The molecule has 0 spiro atoms. The average Bonchev–Trinajstić information content (AvgIpc) is 2.33. The number of carboxylic acids is 1. The number of aliphatic carboxylic acids is 1. The smallest absolute Gasteiger partial charge is 0.307 e. The number of hydrogen-bond acceptors (Lipinski definition) is 2. The molecule has 1 rings (SSSR count). The Morgan fingerprint density at radius 3 is 2.55 bits per heavy atom. The fraction of sp³-hybridized carbons (Fsp3) is 0.875. The molecule has 1 aliphatic rings. The van der Waals surface area contributed by atoms with Crippen molar-refractivity contribution in [3.05, 3.63) is 0 Å². The van der Waals surface area contributed by atoms with Crippen molar-refractivity contribution in [2.24, 2.45) is 5.92 Å². The number of nitrogens with zero attached hydrogens (tertiary/aromatic N) is 1. The van der Waals surface area contributed by atoms with Crippen molar-refractivity contribution < 1.29 is 9.90 Å². The van der Waals surface area contributed by atoms with Crippen LogP contribution in [0.15, 0.2) is 0 Å². The van der Waals surface area contributed by atoms with E-state index in [1.807, 2.05) is 0 Å². The van der Waals surface area contributed by atoms with Crippen LogP contribution in [0.25, 0.3) is 0 Å². The van der Waals surface area contributed by atoms with Gasteiger partial charge in [-0.15, -0.1) is 0 Å². The van der Waals surface area contributed by atoms with Crippen molar-refractivity contribution in [3.8, 4) is 0 Å². The lowest BCUT2D eigenvalue weighted by Gasteiger charge is -2.19. The van der Waals surface area contributed by atoms with Crippen LogP contribution in [-0.2, 0) is 4.79 Å². The maximum atomic E-state index is 10.5. The summed E-state index contributed by atoms with van der Waals surface area (Å²) in [6.45, 7) is 5.87. The van der Waals surface area contributed by atoms with Gasteiger partial charge in [0.1, 0.15) is 0 Å². The second kappa shape index (κ2) is 3.22. The minimum Gasteiger partial charge on any atom is -0.481 e. The van der Waals surface area contributed by atoms with Crippen LogP contribution in [0, 0.1) is 5.92 Å². The van der Waals surface area contributed by atoms with Crippen molar-refractivity contribution in [2.75, 3.05) is 13.1 Å². The van der Waals surface area contributed by atoms with Gasteiger partial charge < -0.3 is 10.0 Å². The van der Waals surface area contributed by atoms with E-state index >= 15 is 0 Å². The van der Waals surface area contributed by atoms with Gasteiger partial charge in [-0.3, -0.25) is 4.79 Å². The van der Waals surface area contributed by atoms with Crippen LogP contribution in [0.3, 0.4) is 0 Å². The summed E-state index contributed by atoms with van der Waals surface area (Å²) < 4.78 is 0. The Morgan fingerprint density at radius 2 is 2.27 bits per heavy atom. The standard InChI is InChI=1S/C8H15NO2/c1-6(2)9-4-3-7(5-9)8(10)11/h6-7H,3-5H2,1-2H3,(H,10,11). The summed E-state index contributed by atoms with van der Waals surface area (Å²) in [7, 11) is 0. The summed E-state index contributed by atoms with van der Waals surface area (Å²) in [6.07, 6.45) is 0.813. The quantitative estimate of drug-likeness (QED) is 0.644. The fourth-order valence-electron chi connectivity index (χ4n) is 1.46. The molecule has 1 saturated heterocycles. The normalized spacial score (nSPS) is 26.3. The Kier molecular flexibility index (Phi) is 2.49. The zero-order valence-electron chi connectivity index (χ0n) is 7.08. The minimum atomic E-state index is -0.645. The molecule has 0 aromatic carbocycles. The van der Waals surface area contributed by atoms with E-state index in [-0.39, 0.29) is 5.92 Å². The van der Waals surface area contributed by atoms with Gasteiger partial charge in [0.25, 0.3) is 0 Å². The first kappa shape index (κ1) is 8.53. The molecule has 1 fully saturated rings. The maximum Gasteiger partial charge on any atom is 0.307 e. The Labute approximate surface area is 67.0 Å². The van der Waals surface area contributed by atoms with E-state index in [0.717, 1.165) is 19.5 Å². The summed E-state index contributed by atoms with van der Waals surface area (Å²) in [6, 6.07) is 0.486. The number of hydrogen-bond donors (Lipinski definition) is 1. The number of rotatable bonds is 2. The molecule has 0 aromatic heterocycles. The molecule has 64 valence electrons. The zero-order valence-corrected chi connectivity index (χ0v) is 7.08. The van der Waals surface area contributed by atoms with E-state index in [1.165, 1.54) is 0 Å². The van der Waals surface area contributed by atoms with Gasteiger partial charge in [-0.05, 0) is 26.8 Å². The fourth-order valence-corrected chi connectivity index (χ4v) is 1.46. The molecule has 1 heterocycles. The van der Waals surface area contributed by atoms with Crippen molar-refractivity contribution >= 4 is 5.97 Å². The predicted octanol–water partition coefficient (Wildman–Crippen LogP) is 0.801. The van der Waals surface area contributed by atoms with Crippen molar-refractivity contribution in [1.82, 2.24) is 4.90 Å². The van der Waals surface area contributed by atoms with E-state index < -0.39 is 5.97 Å². The SMILES string of the molecule is CC(C)N1CCC(C(=O)O)C1. The monoisotopic (exact) mass is 157 g/mol. The summed E-state index contributed by atoms with van der Waals surface area (Å²) >= 11 is 0. The third-order valence-electron chi connectivity index (χ3n) is 2.30. The van der Waals surface area contributed by atoms with Crippen molar-refractivity contribution in [3.63, 3.8) is 0 Å². The van der Waals surface area contributed by atoms with E-state index in [1.54, 1.807) is 0 Å². The predicted molar refractivity (Wildman–Crippen MR) is 42.5 cm³/mol. The summed E-state index contributed by atoms with van der Waals surface area (Å²) in [5, 5.41) is 8.69. The lowest BCUT2D eigenvalue weighted by atomic mass is 10.1. The third-order valence-corrected chi connectivity index (χ3v) is 2.30. The molecule has 3 heteroatoms. The maximum absolute atomic E-state index is 10.5. The number of carbonyl (C=O) groups is 1. The molecule has 0 radical (unpaired) electrons. The first-order valence-electron chi connectivity index (χ1n) is 4.08. The average molecular weight is 157 g/mol. The Hall–Kier alpha value is -0.570. The summed E-state index contributed by atoms with van der Waals surface area (Å²) in [5.41, 5.74) is 0. The van der Waals surface area contributed by atoms with Crippen LogP contribution in [0.1, 0.15) is 20.3 Å². The van der Waals surface area contributed by atoms with Crippen LogP contribution in [-0.4, -0.2) is 35.1 Å². The van der Waals surface area contributed by atoms with Gasteiger partial charge in [-0.2, -0.15) is 0 Å². The topological polar surface area (TPSA) is 40.5 Å². The molecule has 0 aliphatic carbocycles. The number of carboxylic acid groups (broad SMARTS) is 1. The van der Waals surface area contributed by atoms with Crippen LogP contribution >= 0.6 is 0 Å². The van der Waals surface area contributed by atoms with Gasteiger partial charge in [0.15, 0.2) is 0 Å².